The molecule has 0 aromatic rings. The highest BCUT2D eigenvalue weighted by Gasteiger charge is 2.51. The second-order valence-corrected chi connectivity index (χ2v) is 4.57. The Morgan fingerprint density at radius 2 is 2.08 bits per heavy atom. The Morgan fingerprint density at radius 3 is 2.92 bits per heavy atom. The topological polar surface area (TPSA) is 26.3 Å². The van der Waals surface area contributed by atoms with Crippen LogP contribution in [0.25, 0.3) is 0 Å². The van der Waals surface area contributed by atoms with Crippen molar-refractivity contribution in [3.8, 4) is 0 Å². The molecule has 2 heteroatoms. The summed E-state index contributed by atoms with van der Waals surface area (Å²) in [5, 5.41) is 0. The number of fused-ring (bicyclic) bond motifs is 5. The minimum absolute atomic E-state index is 0.0952. The first-order valence-corrected chi connectivity index (χ1v) is 5.17. The summed E-state index contributed by atoms with van der Waals surface area (Å²) >= 11 is 0. The third kappa shape index (κ3) is 0.917. The summed E-state index contributed by atoms with van der Waals surface area (Å²) < 4.78 is 5.10. The average molecular weight is 178 g/mol. The fourth-order valence-electron chi connectivity index (χ4n) is 3.72. The first kappa shape index (κ1) is 7.60. The van der Waals surface area contributed by atoms with Crippen molar-refractivity contribution >= 4 is 6.47 Å². The van der Waals surface area contributed by atoms with Crippen molar-refractivity contribution in [1.82, 2.24) is 0 Å². The molecule has 2 fully saturated rings. The predicted octanol–water partition coefficient (Wildman–Crippen LogP) is 1.76. The molecule has 70 valence electrons. The molecule has 3 rings (SSSR count). The number of hydrogen-bond donors (Lipinski definition) is 0. The quantitative estimate of drug-likeness (QED) is 0.475. The maximum absolute atomic E-state index is 10.3. The van der Waals surface area contributed by atoms with Crippen LogP contribution in [0.4, 0.5) is 0 Å². The highest BCUT2D eigenvalue weighted by atomic mass is 16.5. The van der Waals surface area contributed by atoms with E-state index in [9.17, 15) is 4.79 Å². The van der Waals surface area contributed by atoms with E-state index in [1.807, 2.05) is 0 Å². The van der Waals surface area contributed by atoms with Crippen LogP contribution in [0.5, 0.6) is 0 Å². The second-order valence-electron chi connectivity index (χ2n) is 4.57. The molecule has 0 heterocycles. The van der Waals surface area contributed by atoms with E-state index < -0.39 is 0 Å². The summed E-state index contributed by atoms with van der Waals surface area (Å²) in [5.74, 6) is 3.08. The lowest BCUT2D eigenvalue weighted by molar-refractivity contribution is -0.134. The van der Waals surface area contributed by atoms with Crippen LogP contribution in [0.15, 0.2) is 12.2 Å². The zero-order valence-corrected chi connectivity index (χ0v) is 7.56. The summed E-state index contributed by atoms with van der Waals surface area (Å²) in [6.07, 6.45) is 8.59. The largest absolute Gasteiger partial charge is 0.460 e. The highest BCUT2D eigenvalue weighted by molar-refractivity contribution is 5.39. The lowest BCUT2D eigenvalue weighted by atomic mass is 9.80. The zero-order valence-electron chi connectivity index (χ0n) is 7.56. The molecule has 2 bridgehead atoms. The molecular weight excluding hydrogens is 164 g/mol. The summed E-state index contributed by atoms with van der Waals surface area (Å²) in [5.41, 5.74) is 0. The van der Waals surface area contributed by atoms with Crippen LogP contribution in [0, 0.1) is 23.7 Å². The number of allylic oxidation sites excluding steroid dienone is 1. The van der Waals surface area contributed by atoms with E-state index in [1.54, 1.807) is 0 Å². The van der Waals surface area contributed by atoms with Crippen molar-refractivity contribution in [1.29, 1.82) is 0 Å². The van der Waals surface area contributed by atoms with Crippen LogP contribution in [-0.2, 0) is 9.53 Å². The third-order valence-electron chi connectivity index (χ3n) is 4.16. The first-order chi connectivity index (χ1) is 6.40. The standard InChI is InChI=1S/C11H14O2/c12-6-13-10-4-3-9-7-1-2-8(5-7)11(9)10/h3-4,6-11H,1-2,5H2. The molecule has 0 amide bonds. The highest BCUT2D eigenvalue weighted by Crippen LogP contribution is 2.56. The van der Waals surface area contributed by atoms with Crippen molar-refractivity contribution in [3.05, 3.63) is 12.2 Å². The van der Waals surface area contributed by atoms with Crippen LogP contribution in [0.1, 0.15) is 19.3 Å². The van der Waals surface area contributed by atoms with Crippen LogP contribution >= 0.6 is 0 Å². The van der Waals surface area contributed by atoms with E-state index in [-0.39, 0.29) is 6.10 Å². The van der Waals surface area contributed by atoms with Gasteiger partial charge in [-0.15, -0.1) is 0 Å². The molecule has 3 aliphatic rings. The van der Waals surface area contributed by atoms with Gasteiger partial charge in [0.25, 0.3) is 6.47 Å². The lowest BCUT2D eigenvalue weighted by Gasteiger charge is -2.27. The molecule has 3 aliphatic carbocycles. The van der Waals surface area contributed by atoms with Crippen molar-refractivity contribution in [2.24, 2.45) is 23.7 Å². The minimum Gasteiger partial charge on any atom is -0.460 e. The van der Waals surface area contributed by atoms with E-state index in [2.05, 4.69) is 12.2 Å². The van der Waals surface area contributed by atoms with Crippen LogP contribution < -0.4 is 0 Å². The fourth-order valence-corrected chi connectivity index (χ4v) is 3.72. The maximum Gasteiger partial charge on any atom is 0.293 e. The second kappa shape index (κ2) is 2.60. The van der Waals surface area contributed by atoms with Gasteiger partial charge in [-0.05, 0) is 43.1 Å². The normalized spacial score (nSPS) is 50.9. The van der Waals surface area contributed by atoms with Gasteiger partial charge in [0.2, 0.25) is 0 Å². The molecule has 0 aliphatic heterocycles. The summed E-state index contributed by atoms with van der Waals surface area (Å²) in [6.45, 7) is 0.601. The van der Waals surface area contributed by atoms with Crippen molar-refractivity contribution in [2.75, 3.05) is 0 Å². The molecular formula is C11H14O2. The molecule has 13 heavy (non-hydrogen) atoms. The number of carbonyl (C=O) groups excluding carboxylic acids is 1. The van der Waals surface area contributed by atoms with Crippen LogP contribution in [0.3, 0.4) is 0 Å². The molecule has 0 saturated heterocycles. The Morgan fingerprint density at radius 1 is 1.23 bits per heavy atom. The number of hydrogen-bond acceptors (Lipinski definition) is 2. The summed E-state index contributed by atoms with van der Waals surface area (Å²) in [7, 11) is 0. The van der Waals surface area contributed by atoms with Crippen LogP contribution in [-0.4, -0.2) is 12.6 Å². The minimum atomic E-state index is 0.0952. The molecule has 0 aromatic carbocycles. The van der Waals surface area contributed by atoms with Gasteiger partial charge in [-0.25, -0.2) is 0 Å². The van der Waals surface area contributed by atoms with Gasteiger partial charge in [0, 0.05) is 5.92 Å². The van der Waals surface area contributed by atoms with Gasteiger partial charge in [-0.2, -0.15) is 0 Å². The van der Waals surface area contributed by atoms with Crippen LogP contribution in [0.2, 0.25) is 0 Å². The van der Waals surface area contributed by atoms with Crippen molar-refractivity contribution < 1.29 is 9.53 Å². The molecule has 5 atom stereocenters. The molecule has 0 spiro atoms. The number of carbonyl (C=O) groups is 1. The Balaban J connectivity index is 1.83. The Bertz CT molecular complexity index is 259. The number of ether oxygens (including phenoxy) is 1. The van der Waals surface area contributed by atoms with Gasteiger partial charge in [-0.1, -0.05) is 6.08 Å². The molecule has 2 saturated carbocycles. The van der Waals surface area contributed by atoms with E-state index in [0.29, 0.717) is 12.4 Å². The van der Waals surface area contributed by atoms with Gasteiger partial charge in [-0.3, -0.25) is 4.79 Å². The Hall–Kier alpha value is -0.790. The van der Waals surface area contributed by atoms with E-state index >= 15 is 0 Å². The fraction of sp³-hybridized carbons (Fsp3) is 0.727. The zero-order chi connectivity index (χ0) is 8.84. The molecule has 0 aromatic heterocycles. The molecule has 2 nitrogen and oxygen atoms in total. The third-order valence-corrected chi connectivity index (χ3v) is 4.16. The molecule has 5 unspecified atom stereocenters. The van der Waals surface area contributed by atoms with Gasteiger partial charge >= 0.3 is 0 Å². The SMILES string of the molecule is O=COC1C=CC2C3CCC(C3)C12. The lowest BCUT2D eigenvalue weighted by Crippen LogP contribution is -2.28. The number of rotatable bonds is 2. The average Bonchev–Trinajstić information content (AvgIpc) is 2.74. The van der Waals surface area contributed by atoms with Crippen molar-refractivity contribution in [2.45, 2.75) is 25.4 Å². The van der Waals surface area contributed by atoms with E-state index in [0.717, 1.165) is 17.8 Å². The Kier molecular flexibility index (Phi) is 1.52. The first-order valence-electron chi connectivity index (χ1n) is 5.17. The van der Waals surface area contributed by atoms with E-state index in [1.165, 1.54) is 19.3 Å². The molecule has 0 N–H and O–H groups in total. The Labute approximate surface area is 78.0 Å². The summed E-state index contributed by atoms with van der Waals surface area (Å²) in [4.78, 5) is 10.3. The molecule has 0 radical (unpaired) electrons. The van der Waals surface area contributed by atoms with E-state index in [4.69, 9.17) is 4.74 Å². The summed E-state index contributed by atoms with van der Waals surface area (Å²) in [6, 6.07) is 0. The van der Waals surface area contributed by atoms with Gasteiger partial charge < -0.3 is 4.74 Å². The predicted molar refractivity (Wildman–Crippen MR) is 47.9 cm³/mol. The maximum atomic E-state index is 10.3. The van der Waals surface area contributed by atoms with Gasteiger partial charge in [0.15, 0.2) is 0 Å². The van der Waals surface area contributed by atoms with Gasteiger partial charge in [0.1, 0.15) is 6.10 Å². The van der Waals surface area contributed by atoms with Crippen molar-refractivity contribution in [3.63, 3.8) is 0 Å². The van der Waals surface area contributed by atoms with Gasteiger partial charge in [0.05, 0.1) is 0 Å². The smallest absolute Gasteiger partial charge is 0.293 e. The monoisotopic (exact) mass is 178 g/mol.